The van der Waals surface area contributed by atoms with Gasteiger partial charge in [0.05, 0.1) is 0 Å². The molecule has 0 saturated carbocycles. The van der Waals surface area contributed by atoms with E-state index in [0.717, 1.165) is 51.2 Å². The number of guanidine groups is 1. The average Bonchev–Trinajstić information content (AvgIpc) is 3.21. The summed E-state index contributed by atoms with van der Waals surface area (Å²) in [4.78, 5) is 18.1. The first kappa shape index (κ1) is 17.7. The van der Waals surface area contributed by atoms with Gasteiger partial charge in [0.1, 0.15) is 0 Å². The van der Waals surface area contributed by atoms with E-state index in [1.807, 2.05) is 6.07 Å². The van der Waals surface area contributed by atoms with Gasteiger partial charge in [-0.25, -0.2) is 9.97 Å². The van der Waals surface area contributed by atoms with Gasteiger partial charge in [0.2, 0.25) is 5.95 Å². The Kier molecular flexibility index (Phi) is 6.22. The number of hydrogen-bond acceptors (Lipinski definition) is 5. The van der Waals surface area contributed by atoms with Gasteiger partial charge in [-0.3, -0.25) is 4.99 Å². The van der Waals surface area contributed by atoms with Crippen LogP contribution in [-0.4, -0.2) is 60.1 Å². The molecule has 1 N–H and O–H groups in total. The van der Waals surface area contributed by atoms with Crippen molar-refractivity contribution in [3.8, 4) is 0 Å². The van der Waals surface area contributed by atoms with Crippen molar-refractivity contribution < 1.29 is 0 Å². The lowest BCUT2D eigenvalue weighted by Crippen LogP contribution is -2.53. The van der Waals surface area contributed by atoms with E-state index < -0.39 is 0 Å². The summed E-state index contributed by atoms with van der Waals surface area (Å²) in [6, 6.07) is 4.04. The Bertz CT molecular complexity index is 649. The van der Waals surface area contributed by atoms with Crippen molar-refractivity contribution in [1.29, 1.82) is 0 Å². The maximum Gasteiger partial charge on any atom is 0.225 e. The summed E-state index contributed by atoms with van der Waals surface area (Å²) in [6.45, 7) is 9.72. The predicted octanol–water partition coefficient (Wildman–Crippen LogP) is 2.43. The van der Waals surface area contributed by atoms with Crippen LogP contribution in [0.3, 0.4) is 0 Å². The number of anilines is 1. The Hall–Kier alpha value is -2.15. The summed E-state index contributed by atoms with van der Waals surface area (Å²) in [5, 5.41) is 7.78. The molecule has 2 aromatic rings. The van der Waals surface area contributed by atoms with Crippen molar-refractivity contribution in [2.24, 2.45) is 4.99 Å². The molecule has 0 radical (unpaired) electrons. The minimum atomic E-state index is 0.443. The molecule has 3 rings (SSSR count). The maximum absolute atomic E-state index is 4.88. The normalized spacial score (nSPS) is 16.8. The molecule has 1 aliphatic heterocycles. The van der Waals surface area contributed by atoms with Crippen LogP contribution in [0.15, 0.2) is 40.3 Å². The molecule has 0 aliphatic carbocycles. The zero-order valence-corrected chi connectivity index (χ0v) is 15.7. The number of thiophene rings is 1. The number of rotatable bonds is 5. The lowest BCUT2D eigenvalue weighted by atomic mass is 10.1. The summed E-state index contributed by atoms with van der Waals surface area (Å²) >= 11 is 1.75. The van der Waals surface area contributed by atoms with E-state index in [1.165, 1.54) is 5.56 Å². The van der Waals surface area contributed by atoms with Crippen molar-refractivity contribution in [3.05, 3.63) is 40.8 Å². The molecule has 7 heteroatoms. The summed E-state index contributed by atoms with van der Waals surface area (Å²) < 4.78 is 0. The fourth-order valence-corrected chi connectivity index (χ4v) is 3.67. The highest BCUT2D eigenvalue weighted by Gasteiger charge is 2.21. The number of hydrogen-bond donors (Lipinski definition) is 1. The molecule has 1 fully saturated rings. The van der Waals surface area contributed by atoms with Crippen molar-refractivity contribution in [3.63, 3.8) is 0 Å². The van der Waals surface area contributed by atoms with Crippen LogP contribution < -0.4 is 10.2 Å². The maximum atomic E-state index is 4.88. The molecule has 1 saturated heterocycles. The van der Waals surface area contributed by atoms with Crippen LogP contribution in [0.25, 0.3) is 0 Å². The van der Waals surface area contributed by atoms with Crippen molar-refractivity contribution in [2.75, 3.05) is 44.2 Å². The quantitative estimate of drug-likeness (QED) is 0.657. The van der Waals surface area contributed by atoms with Crippen LogP contribution in [0, 0.1) is 0 Å². The highest BCUT2D eigenvalue weighted by atomic mass is 32.1. The number of piperazine rings is 1. The molecule has 25 heavy (non-hydrogen) atoms. The number of aliphatic imine (C=N–C) groups is 1. The molecule has 6 nitrogen and oxygen atoms in total. The minimum absolute atomic E-state index is 0.443. The monoisotopic (exact) mass is 358 g/mol. The third-order valence-electron chi connectivity index (χ3n) is 4.38. The highest BCUT2D eigenvalue weighted by molar-refractivity contribution is 7.07. The molecule has 0 spiro atoms. The Labute approximate surface area is 153 Å². The number of aromatic nitrogens is 2. The van der Waals surface area contributed by atoms with Gasteiger partial charge in [-0.2, -0.15) is 11.3 Å². The second kappa shape index (κ2) is 8.80. The predicted molar refractivity (Wildman–Crippen MR) is 105 cm³/mol. The topological polar surface area (TPSA) is 56.7 Å². The summed E-state index contributed by atoms with van der Waals surface area (Å²) in [5.74, 6) is 2.27. The van der Waals surface area contributed by atoms with E-state index in [-0.39, 0.29) is 0 Å². The summed E-state index contributed by atoms with van der Waals surface area (Å²) in [7, 11) is 0. The molecule has 1 aliphatic rings. The molecule has 3 heterocycles. The van der Waals surface area contributed by atoms with Crippen LogP contribution in [0.5, 0.6) is 0 Å². The van der Waals surface area contributed by atoms with Crippen LogP contribution in [0.1, 0.15) is 25.3 Å². The van der Waals surface area contributed by atoms with Gasteiger partial charge < -0.3 is 15.1 Å². The summed E-state index contributed by atoms with van der Waals surface area (Å²) in [5.41, 5.74) is 1.37. The van der Waals surface area contributed by atoms with Crippen LogP contribution in [0.4, 0.5) is 5.95 Å². The lowest BCUT2D eigenvalue weighted by Gasteiger charge is -2.36. The lowest BCUT2D eigenvalue weighted by molar-refractivity contribution is 0.370. The van der Waals surface area contributed by atoms with Gasteiger partial charge in [-0.15, -0.1) is 0 Å². The smallest absolute Gasteiger partial charge is 0.225 e. The molecule has 0 bridgehead atoms. The van der Waals surface area contributed by atoms with Crippen molar-refractivity contribution in [2.45, 2.75) is 19.8 Å². The van der Waals surface area contributed by atoms with E-state index in [0.29, 0.717) is 5.92 Å². The molecular weight excluding hydrogens is 332 g/mol. The van der Waals surface area contributed by atoms with Gasteiger partial charge in [-0.05, 0) is 35.4 Å². The van der Waals surface area contributed by atoms with Gasteiger partial charge in [0, 0.05) is 57.6 Å². The molecule has 1 unspecified atom stereocenters. The van der Waals surface area contributed by atoms with Crippen LogP contribution in [0.2, 0.25) is 0 Å². The third kappa shape index (κ3) is 4.69. The minimum Gasteiger partial charge on any atom is -0.357 e. The molecule has 0 amide bonds. The largest absolute Gasteiger partial charge is 0.357 e. The van der Waals surface area contributed by atoms with E-state index >= 15 is 0 Å². The van der Waals surface area contributed by atoms with Crippen molar-refractivity contribution >= 4 is 23.2 Å². The van der Waals surface area contributed by atoms with Crippen molar-refractivity contribution in [1.82, 2.24) is 20.2 Å². The Morgan fingerprint density at radius 2 is 2.04 bits per heavy atom. The summed E-state index contributed by atoms with van der Waals surface area (Å²) in [6.07, 6.45) is 3.60. The Morgan fingerprint density at radius 1 is 1.28 bits per heavy atom. The third-order valence-corrected chi connectivity index (χ3v) is 5.08. The molecule has 2 aromatic heterocycles. The SMILES string of the molecule is CCNC(=NCC(C)c1ccsc1)N1CCN(c2ncccn2)CC1. The standard InChI is InChI=1S/C18H26N6S/c1-3-19-17(22-13-15(2)16-5-12-25-14-16)23-8-10-24(11-9-23)18-20-6-4-7-21-18/h4-7,12,14-15H,3,8-11,13H2,1-2H3,(H,19,22). The van der Waals surface area contributed by atoms with E-state index in [1.54, 1.807) is 23.7 Å². The average molecular weight is 359 g/mol. The number of nitrogens with one attached hydrogen (secondary N) is 1. The highest BCUT2D eigenvalue weighted by Crippen LogP contribution is 2.18. The van der Waals surface area contributed by atoms with Crippen LogP contribution in [-0.2, 0) is 0 Å². The van der Waals surface area contributed by atoms with Gasteiger partial charge in [0.15, 0.2) is 5.96 Å². The fourth-order valence-electron chi connectivity index (χ4n) is 2.88. The van der Waals surface area contributed by atoms with E-state index in [4.69, 9.17) is 4.99 Å². The van der Waals surface area contributed by atoms with E-state index in [9.17, 15) is 0 Å². The van der Waals surface area contributed by atoms with E-state index in [2.05, 4.69) is 55.8 Å². The fraction of sp³-hybridized carbons (Fsp3) is 0.500. The first-order valence-electron chi connectivity index (χ1n) is 8.85. The second-order valence-corrected chi connectivity index (χ2v) is 6.96. The molecule has 0 aromatic carbocycles. The van der Waals surface area contributed by atoms with Gasteiger partial charge in [-0.1, -0.05) is 6.92 Å². The Balaban J connectivity index is 1.59. The van der Waals surface area contributed by atoms with Crippen LogP contribution >= 0.6 is 11.3 Å². The van der Waals surface area contributed by atoms with Gasteiger partial charge in [0.25, 0.3) is 0 Å². The zero-order valence-electron chi connectivity index (χ0n) is 14.9. The number of nitrogens with zero attached hydrogens (tertiary/aromatic N) is 5. The molecular formula is C18H26N6S. The second-order valence-electron chi connectivity index (χ2n) is 6.18. The first-order chi connectivity index (χ1) is 12.3. The first-order valence-corrected chi connectivity index (χ1v) is 9.79. The Morgan fingerprint density at radius 3 is 2.68 bits per heavy atom. The molecule has 134 valence electrons. The van der Waals surface area contributed by atoms with Gasteiger partial charge >= 0.3 is 0 Å². The zero-order chi connectivity index (χ0) is 17.5. The molecule has 1 atom stereocenters.